The Morgan fingerprint density at radius 2 is 2.00 bits per heavy atom. The molecule has 1 aliphatic rings. The summed E-state index contributed by atoms with van der Waals surface area (Å²) in [5.41, 5.74) is 2.46. The second kappa shape index (κ2) is 9.14. The zero-order chi connectivity index (χ0) is 21.1. The van der Waals surface area contributed by atoms with E-state index in [2.05, 4.69) is 6.92 Å². The number of para-hydroxylation sites is 1. The van der Waals surface area contributed by atoms with Crippen molar-refractivity contribution in [3.63, 3.8) is 0 Å². The van der Waals surface area contributed by atoms with E-state index >= 15 is 0 Å². The number of carbonyl (C=O) groups is 1. The molecule has 156 valence electrons. The number of hydrogen-bond donors (Lipinski definition) is 0. The smallest absolute Gasteiger partial charge is 0.262 e. The van der Waals surface area contributed by atoms with Gasteiger partial charge in [-0.2, -0.15) is 0 Å². The summed E-state index contributed by atoms with van der Waals surface area (Å²) in [6, 6.07) is 15.1. The molecule has 1 aromatic heterocycles. The minimum atomic E-state index is -0.360. The number of hydrogen-bond acceptors (Lipinski definition) is 5. The zero-order valence-corrected chi connectivity index (χ0v) is 18.2. The van der Waals surface area contributed by atoms with Gasteiger partial charge in [0, 0.05) is 12.2 Å². The number of fused-ring (bicyclic) bond motifs is 1. The number of aromatic nitrogens is 2. The van der Waals surface area contributed by atoms with Crippen LogP contribution in [0.4, 0.5) is 0 Å². The van der Waals surface area contributed by atoms with Gasteiger partial charge in [-0.15, -0.1) is 0 Å². The molecule has 5 nitrogen and oxygen atoms in total. The first-order valence-corrected chi connectivity index (χ1v) is 11.4. The maximum atomic E-state index is 13.2. The lowest BCUT2D eigenvalue weighted by Gasteiger charge is -2.18. The number of Topliss-reactive ketones (excluding diaryl/α,β-unsaturated/α-hetero) is 1. The van der Waals surface area contributed by atoms with Crippen LogP contribution in [-0.2, 0) is 17.7 Å². The minimum Gasteiger partial charge on any atom is -0.376 e. The summed E-state index contributed by atoms with van der Waals surface area (Å²) >= 11 is 1.34. The fourth-order valence-electron chi connectivity index (χ4n) is 3.74. The van der Waals surface area contributed by atoms with E-state index in [1.807, 2.05) is 49.4 Å². The van der Waals surface area contributed by atoms with Crippen LogP contribution < -0.4 is 5.56 Å². The lowest BCUT2D eigenvalue weighted by Crippen LogP contribution is -2.29. The quantitative estimate of drug-likeness (QED) is 0.319. The number of ketones is 1. The molecule has 1 fully saturated rings. The van der Waals surface area contributed by atoms with Gasteiger partial charge in [-0.25, -0.2) is 4.98 Å². The van der Waals surface area contributed by atoms with Crippen LogP contribution >= 0.6 is 11.8 Å². The number of rotatable bonds is 7. The van der Waals surface area contributed by atoms with Crippen LogP contribution in [-0.4, -0.2) is 33.3 Å². The highest BCUT2D eigenvalue weighted by Gasteiger charge is 2.23. The molecule has 0 unspecified atom stereocenters. The van der Waals surface area contributed by atoms with Gasteiger partial charge in [-0.3, -0.25) is 14.2 Å². The van der Waals surface area contributed by atoms with Gasteiger partial charge in [-0.05, 0) is 43.9 Å². The summed E-state index contributed by atoms with van der Waals surface area (Å²) in [7, 11) is 0. The van der Waals surface area contributed by atoms with Gasteiger partial charge in [0.15, 0.2) is 10.9 Å². The van der Waals surface area contributed by atoms with Crippen molar-refractivity contribution < 1.29 is 9.53 Å². The summed E-state index contributed by atoms with van der Waals surface area (Å²) < 4.78 is 7.45. The standard InChI is InChI=1S/C24H26N2O3S/c1-3-17-10-12-18(13-11-17)22(27)16(2)30-24-25-21-9-5-4-8-20(21)23(28)26(24)15-19-7-6-14-29-19/h4-5,8-13,16,19H,3,6-7,14-15H2,1-2H3/t16-,19+/m0/s1. The SMILES string of the molecule is CCc1ccc(C(=O)[C@H](C)Sc2nc3ccccc3c(=O)n2C[C@H]2CCCO2)cc1. The van der Waals surface area contributed by atoms with Crippen molar-refractivity contribution >= 4 is 28.4 Å². The predicted molar refractivity (Wildman–Crippen MR) is 120 cm³/mol. The topological polar surface area (TPSA) is 61.2 Å². The maximum Gasteiger partial charge on any atom is 0.262 e. The number of carbonyl (C=O) groups excluding carboxylic acids is 1. The number of ether oxygens (including phenoxy) is 1. The van der Waals surface area contributed by atoms with Crippen molar-refractivity contribution in [2.45, 2.75) is 56.2 Å². The van der Waals surface area contributed by atoms with E-state index in [4.69, 9.17) is 9.72 Å². The highest BCUT2D eigenvalue weighted by Crippen LogP contribution is 2.26. The highest BCUT2D eigenvalue weighted by atomic mass is 32.2. The van der Waals surface area contributed by atoms with E-state index in [9.17, 15) is 9.59 Å². The van der Waals surface area contributed by atoms with Crippen molar-refractivity contribution in [3.05, 3.63) is 70.0 Å². The molecule has 0 amide bonds. The summed E-state index contributed by atoms with van der Waals surface area (Å²) in [4.78, 5) is 30.9. The van der Waals surface area contributed by atoms with Gasteiger partial charge in [0.1, 0.15) is 0 Å². The van der Waals surface area contributed by atoms with E-state index in [0.29, 0.717) is 28.2 Å². The van der Waals surface area contributed by atoms with Gasteiger partial charge < -0.3 is 4.74 Å². The van der Waals surface area contributed by atoms with E-state index < -0.39 is 0 Å². The van der Waals surface area contributed by atoms with Crippen molar-refractivity contribution in [3.8, 4) is 0 Å². The summed E-state index contributed by atoms with van der Waals surface area (Å²) in [5.74, 6) is 0.0359. The first kappa shape index (κ1) is 20.8. The first-order chi connectivity index (χ1) is 14.6. The second-order valence-corrected chi connectivity index (χ2v) is 8.95. The average Bonchev–Trinajstić information content (AvgIpc) is 3.29. The Hall–Kier alpha value is -2.44. The molecule has 0 saturated carbocycles. The molecule has 0 N–H and O–H groups in total. The van der Waals surface area contributed by atoms with Gasteiger partial charge >= 0.3 is 0 Å². The monoisotopic (exact) mass is 422 g/mol. The Morgan fingerprint density at radius 3 is 2.70 bits per heavy atom. The number of nitrogens with zero attached hydrogens (tertiary/aromatic N) is 2. The average molecular weight is 423 g/mol. The highest BCUT2D eigenvalue weighted by molar-refractivity contribution is 8.00. The number of aryl methyl sites for hydroxylation is 1. The lowest BCUT2D eigenvalue weighted by molar-refractivity contribution is 0.0937. The molecule has 4 rings (SSSR count). The Labute approximate surface area is 180 Å². The van der Waals surface area contributed by atoms with Crippen LogP contribution in [0.15, 0.2) is 58.5 Å². The molecular formula is C24H26N2O3S. The lowest BCUT2D eigenvalue weighted by atomic mass is 10.1. The van der Waals surface area contributed by atoms with Gasteiger partial charge in [-0.1, -0.05) is 55.1 Å². The van der Waals surface area contributed by atoms with Gasteiger partial charge in [0.25, 0.3) is 5.56 Å². The van der Waals surface area contributed by atoms with E-state index in [1.54, 1.807) is 10.6 Å². The van der Waals surface area contributed by atoms with Crippen LogP contribution in [0.1, 0.15) is 42.6 Å². The van der Waals surface area contributed by atoms with E-state index in [-0.39, 0.29) is 22.7 Å². The molecule has 0 bridgehead atoms. The molecule has 2 atom stereocenters. The van der Waals surface area contributed by atoms with Crippen molar-refractivity contribution in [2.75, 3.05) is 6.61 Å². The zero-order valence-electron chi connectivity index (χ0n) is 17.3. The van der Waals surface area contributed by atoms with Crippen molar-refractivity contribution in [1.82, 2.24) is 9.55 Å². The van der Waals surface area contributed by atoms with Crippen LogP contribution in [0.5, 0.6) is 0 Å². The molecule has 1 saturated heterocycles. The van der Waals surface area contributed by atoms with Crippen molar-refractivity contribution in [2.24, 2.45) is 0 Å². The minimum absolute atomic E-state index is 0.0117. The molecule has 0 aliphatic carbocycles. The molecule has 1 aliphatic heterocycles. The summed E-state index contributed by atoms with van der Waals surface area (Å²) in [6.07, 6.45) is 2.89. The van der Waals surface area contributed by atoms with Gasteiger partial charge in [0.2, 0.25) is 0 Å². The molecule has 0 radical (unpaired) electrons. The third-order valence-corrected chi connectivity index (χ3v) is 6.63. The molecule has 3 aromatic rings. The molecule has 0 spiro atoms. The molecular weight excluding hydrogens is 396 g/mol. The van der Waals surface area contributed by atoms with Gasteiger partial charge in [0.05, 0.1) is 28.8 Å². The predicted octanol–water partition coefficient (Wildman–Crippen LogP) is 4.50. The Bertz CT molecular complexity index is 1100. The van der Waals surface area contributed by atoms with Crippen molar-refractivity contribution in [1.29, 1.82) is 0 Å². The number of thioether (sulfide) groups is 1. The summed E-state index contributed by atoms with van der Waals surface area (Å²) in [6.45, 7) is 5.16. The maximum absolute atomic E-state index is 13.2. The Morgan fingerprint density at radius 1 is 1.23 bits per heavy atom. The summed E-state index contributed by atoms with van der Waals surface area (Å²) in [5, 5.41) is 0.801. The molecule has 30 heavy (non-hydrogen) atoms. The normalized spacial score (nSPS) is 17.3. The third-order valence-electron chi connectivity index (χ3n) is 5.53. The third kappa shape index (κ3) is 4.35. The Kier molecular flexibility index (Phi) is 6.35. The van der Waals surface area contributed by atoms with Crippen LogP contribution in [0.3, 0.4) is 0 Å². The fourth-order valence-corrected chi connectivity index (χ4v) is 4.74. The molecule has 2 heterocycles. The van der Waals surface area contributed by atoms with E-state index in [0.717, 1.165) is 25.9 Å². The van der Waals surface area contributed by atoms with Crippen LogP contribution in [0.25, 0.3) is 10.9 Å². The molecule has 2 aromatic carbocycles. The van der Waals surface area contributed by atoms with E-state index in [1.165, 1.54) is 17.3 Å². The van der Waals surface area contributed by atoms with Crippen LogP contribution in [0, 0.1) is 0 Å². The Balaban J connectivity index is 1.65. The largest absolute Gasteiger partial charge is 0.376 e. The first-order valence-electron chi connectivity index (χ1n) is 10.5. The second-order valence-electron chi connectivity index (χ2n) is 7.64. The molecule has 6 heteroatoms. The van der Waals surface area contributed by atoms with Crippen LogP contribution in [0.2, 0.25) is 0 Å². The number of benzene rings is 2. The fraction of sp³-hybridized carbons (Fsp3) is 0.375.